The van der Waals surface area contributed by atoms with Gasteiger partial charge in [-0.2, -0.15) is 0 Å². The summed E-state index contributed by atoms with van der Waals surface area (Å²) in [6, 6.07) is 0.723. The molecule has 1 amide bonds. The van der Waals surface area contributed by atoms with E-state index in [0.29, 0.717) is 6.04 Å². The summed E-state index contributed by atoms with van der Waals surface area (Å²) in [5.41, 5.74) is 0. The second kappa shape index (κ2) is 7.78. The average Bonchev–Trinajstić information content (AvgIpc) is 2.54. The molecule has 4 unspecified atom stereocenters. The first-order valence-electron chi connectivity index (χ1n) is 7.59. The van der Waals surface area contributed by atoms with E-state index in [1.807, 2.05) is 6.92 Å². The second-order valence-corrected chi connectivity index (χ2v) is 6.02. The average molecular weight is 254 g/mol. The Bertz CT molecular complexity index is 255. The van der Waals surface area contributed by atoms with E-state index in [9.17, 15) is 4.79 Å². The van der Waals surface area contributed by atoms with Gasteiger partial charge in [-0.05, 0) is 45.4 Å². The van der Waals surface area contributed by atoms with Gasteiger partial charge in [-0.15, -0.1) is 0 Å². The van der Waals surface area contributed by atoms with Crippen LogP contribution in [0.5, 0.6) is 0 Å². The SMILES string of the molecule is CCC(C)NC(=O)C(C)NC1CCCC(C)CC1. The quantitative estimate of drug-likeness (QED) is 0.741. The molecule has 1 aliphatic rings. The molecule has 1 saturated carbocycles. The van der Waals surface area contributed by atoms with Crippen molar-refractivity contribution in [2.45, 2.75) is 84.3 Å². The monoisotopic (exact) mass is 254 g/mol. The molecule has 0 radical (unpaired) electrons. The minimum Gasteiger partial charge on any atom is -0.352 e. The molecule has 106 valence electrons. The number of hydrogen-bond donors (Lipinski definition) is 2. The molecule has 4 atom stereocenters. The van der Waals surface area contributed by atoms with Crippen molar-refractivity contribution in [2.75, 3.05) is 0 Å². The highest BCUT2D eigenvalue weighted by Gasteiger charge is 2.21. The van der Waals surface area contributed by atoms with E-state index in [0.717, 1.165) is 12.3 Å². The van der Waals surface area contributed by atoms with E-state index in [-0.39, 0.29) is 18.0 Å². The van der Waals surface area contributed by atoms with Crippen LogP contribution in [0.4, 0.5) is 0 Å². The van der Waals surface area contributed by atoms with Crippen LogP contribution in [0, 0.1) is 5.92 Å². The number of rotatable bonds is 5. The first-order chi connectivity index (χ1) is 8.52. The second-order valence-electron chi connectivity index (χ2n) is 6.02. The lowest BCUT2D eigenvalue weighted by Crippen LogP contribution is -2.48. The van der Waals surface area contributed by atoms with E-state index in [2.05, 4.69) is 31.4 Å². The molecule has 18 heavy (non-hydrogen) atoms. The summed E-state index contributed by atoms with van der Waals surface area (Å²) in [7, 11) is 0. The van der Waals surface area contributed by atoms with Crippen molar-refractivity contribution in [3.05, 3.63) is 0 Å². The Kier molecular flexibility index (Phi) is 6.69. The molecule has 0 bridgehead atoms. The van der Waals surface area contributed by atoms with Gasteiger partial charge in [-0.1, -0.05) is 26.7 Å². The maximum absolute atomic E-state index is 12.0. The Labute approximate surface area is 112 Å². The molecule has 2 N–H and O–H groups in total. The van der Waals surface area contributed by atoms with Crippen molar-refractivity contribution in [1.82, 2.24) is 10.6 Å². The van der Waals surface area contributed by atoms with Crippen molar-refractivity contribution in [3.63, 3.8) is 0 Å². The van der Waals surface area contributed by atoms with Gasteiger partial charge >= 0.3 is 0 Å². The molecule has 3 nitrogen and oxygen atoms in total. The zero-order valence-electron chi connectivity index (χ0n) is 12.5. The Morgan fingerprint density at radius 1 is 1.22 bits per heavy atom. The van der Waals surface area contributed by atoms with E-state index in [4.69, 9.17) is 0 Å². The molecule has 1 fully saturated rings. The third-order valence-electron chi connectivity index (χ3n) is 4.14. The largest absolute Gasteiger partial charge is 0.352 e. The molecular weight excluding hydrogens is 224 g/mol. The van der Waals surface area contributed by atoms with E-state index < -0.39 is 0 Å². The molecule has 0 heterocycles. The predicted molar refractivity (Wildman–Crippen MR) is 76.5 cm³/mol. The van der Waals surface area contributed by atoms with Crippen molar-refractivity contribution in [2.24, 2.45) is 5.92 Å². The third kappa shape index (κ3) is 5.38. The fraction of sp³-hybridized carbons (Fsp3) is 0.933. The minimum absolute atomic E-state index is 0.0718. The molecule has 0 aromatic carbocycles. The van der Waals surface area contributed by atoms with Crippen LogP contribution < -0.4 is 10.6 Å². The summed E-state index contributed by atoms with van der Waals surface area (Å²) >= 11 is 0. The van der Waals surface area contributed by atoms with Crippen LogP contribution >= 0.6 is 0 Å². The molecule has 1 aliphatic carbocycles. The van der Waals surface area contributed by atoms with Crippen LogP contribution in [0.1, 0.15) is 66.2 Å². The first-order valence-corrected chi connectivity index (χ1v) is 7.59. The van der Waals surface area contributed by atoms with Gasteiger partial charge in [0.2, 0.25) is 5.91 Å². The molecule has 0 aromatic heterocycles. The number of hydrogen-bond acceptors (Lipinski definition) is 2. The number of amides is 1. The van der Waals surface area contributed by atoms with Gasteiger partial charge in [0.05, 0.1) is 6.04 Å². The highest BCUT2D eigenvalue weighted by atomic mass is 16.2. The summed E-state index contributed by atoms with van der Waals surface area (Å²) in [4.78, 5) is 12.0. The van der Waals surface area contributed by atoms with Gasteiger partial charge in [0.1, 0.15) is 0 Å². The van der Waals surface area contributed by atoms with Gasteiger partial charge in [-0.3, -0.25) is 4.79 Å². The highest BCUT2D eigenvalue weighted by molar-refractivity contribution is 5.81. The smallest absolute Gasteiger partial charge is 0.237 e. The van der Waals surface area contributed by atoms with E-state index in [1.165, 1.54) is 32.1 Å². The predicted octanol–water partition coefficient (Wildman–Crippen LogP) is 2.85. The molecular formula is C15H30N2O. The molecule has 3 heteroatoms. The zero-order valence-corrected chi connectivity index (χ0v) is 12.5. The van der Waals surface area contributed by atoms with Crippen LogP contribution in [0.15, 0.2) is 0 Å². The summed E-state index contributed by atoms with van der Waals surface area (Å²) < 4.78 is 0. The van der Waals surface area contributed by atoms with Crippen LogP contribution in [0.2, 0.25) is 0 Å². The highest BCUT2D eigenvalue weighted by Crippen LogP contribution is 2.22. The van der Waals surface area contributed by atoms with Crippen LogP contribution in [0.3, 0.4) is 0 Å². The zero-order chi connectivity index (χ0) is 13.5. The fourth-order valence-electron chi connectivity index (χ4n) is 2.55. The number of carbonyl (C=O) groups excluding carboxylic acids is 1. The van der Waals surface area contributed by atoms with Crippen LogP contribution in [-0.4, -0.2) is 24.0 Å². The standard InChI is InChI=1S/C15H30N2O/c1-5-12(3)16-15(18)13(4)17-14-8-6-7-11(2)9-10-14/h11-14,17H,5-10H2,1-4H3,(H,16,18). The molecule has 0 saturated heterocycles. The van der Waals surface area contributed by atoms with E-state index >= 15 is 0 Å². The summed E-state index contributed by atoms with van der Waals surface area (Å²) in [5.74, 6) is 0.989. The summed E-state index contributed by atoms with van der Waals surface area (Å²) in [6.07, 6.45) is 7.33. The van der Waals surface area contributed by atoms with Crippen molar-refractivity contribution in [3.8, 4) is 0 Å². The van der Waals surface area contributed by atoms with Gasteiger partial charge in [0.15, 0.2) is 0 Å². The van der Waals surface area contributed by atoms with Crippen molar-refractivity contribution < 1.29 is 4.79 Å². The molecule has 0 aliphatic heterocycles. The number of carbonyl (C=O) groups is 1. The Balaban J connectivity index is 2.34. The van der Waals surface area contributed by atoms with Crippen LogP contribution in [0.25, 0.3) is 0 Å². The topological polar surface area (TPSA) is 41.1 Å². The maximum atomic E-state index is 12.0. The lowest BCUT2D eigenvalue weighted by Gasteiger charge is -2.23. The van der Waals surface area contributed by atoms with Gasteiger partial charge < -0.3 is 10.6 Å². The van der Waals surface area contributed by atoms with Crippen LogP contribution in [-0.2, 0) is 4.79 Å². The van der Waals surface area contributed by atoms with Crippen molar-refractivity contribution in [1.29, 1.82) is 0 Å². The van der Waals surface area contributed by atoms with E-state index in [1.54, 1.807) is 0 Å². The lowest BCUT2D eigenvalue weighted by atomic mass is 10.0. The Morgan fingerprint density at radius 2 is 1.94 bits per heavy atom. The fourth-order valence-corrected chi connectivity index (χ4v) is 2.55. The molecule has 1 rings (SSSR count). The van der Waals surface area contributed by atoms with Gasteiger partial charge in [-0.25, -0.2) is 0 Å². The molecule has 0 aromatic rings. The van der Waals surface area contributed by atoms with Gasteiger partial charge in [0, 0.05) is 12.1 Å². The third-order valence-corrected chi connectivity index (χ3v) is 4.14. The van der Waals surface area contributed by atoms with Crippen molar-refractivity contribution >= 4 is 5.91 Å². The Morgan fingerprint density at radius 3 is 2.61 bits per heavy atom. The van der Waals surface area contributed by atoms with Gasteiger partial charge in [0.25, 0.3) is 0 Å². The summed E-state index contributed by atoms with van der Waals surface area (Å²) in [6.45, 7) is 8.46. The maximum Gasteiger partial charge on any atom is 0.237 e. The first kappa shape index (κ1) is 15.5. The normalized spacial score (nSPS) is 28.2. The number of nitrogens with one attached hydrogen (secondary N) is 2. The Hall–Kier alpha value is -0.570. The lowest BCUT2D eigenvalue weighted by molar-refractivity contribution is -0.123. The molecule has 0 spiro atoms. The summed E-state index contributed by atoms with van der Waals surface area (Å²) in [5, 5.41) is 6.54. The minimum atomic E-state index is -0.0718.